The molecule has 4 rings (SSSR count). The number of ketones is 1. The minimum atomic E-state index is -0.418. The van der Waals surface area contributed by atoms with Gasteiger partial charge in [0.15, 0.2) is 5.78 Å². The molecule has 154 valence electrons. The Bertz CT molecular complexity index is 901. The summed E-state index contributed by atoms with van der Waals surface area (Å²) in [5.41, 5.74) is 5.23. The number of amides is 1. The first-order chi connectivity index (χ1) is 14.0. The van der Waals surface area contributed by atoms with Gasteiger partial charge < -0.3 is 14.6 Å². The van der Waals surface area contributed by atoms with Crippen molar-refractivity contribution in [1.82, 2.24) is 9.47 Å². The molecule has 0 saturated carbocycles. The van der Waals surface area contributed by atoms with Gasteiger partial charge in [0, 0.05) is 43.0 Å². The van der Waals surface area contributed by atoms with Gasteiger partial charge in [-0.3, -0.25) is 9.59 Å². The third-order valence-electron chi connectivity index (χ3n) is 6.39. The number of aliphatic hydroxyl groups is 1. The van der Waals surface area contributed by atoms with Gasteiger partial charge in [0.25, 0.3) is 0 Å². The number of fused-ring (bicyclic) bond motifs is 1. The Morgan fingerprint density at radius 1 is 1.21 bits per heavy atom. The number of hydrogen-bond donors (Lipinski definition) is 1. The Morgan fingerprint density at radius 3 is 2.72 bits per heavy atom. The Balaban J connectivity index is 1.55. The lowest BCUT2D eigenvalue weighted by atomic mass is 9.92. The monoisotopic (exact) mass is 394 g/mol. The number of aliphatic hydroxyl groups excluding tert-OH is 1. The normalized spacial score (nSPS) is 18.9. The lowest BCUT2D eigenvalue weighted by Crippen LogP contribution is -2.31. The molecule has 0 bridgehead atoms. The maximum absolute atomic E-state index is 12.8. The first-order valence-corrected chi connectivity index (χ1v) is 10.8. The van der Waals surface area contributed by atoms with Crippen LogP contribution in [0.1, 0.15) is 58.6 Å². The summed E-state index contributed by atoms with van der Waals surface area (Å²) in [5, 5.41) is 9.75. The molecule has 0 radical (unpaired) electrons. The van der Waals surface area contributed by atoms with Gasteiger partial charge in [-0.15, -0.1) is 0 Å². The lowest BCUT2D eigenvalue weighted by Gasteiger charge is -2.17. The number of Topliss-reactive ketones (excluding diaryl/α,β-unsaturated/α-hetero) is 1. The van der Waals surface area contributed by atoms with E-state index >= 15 is 0 Å². The molecule has 1 N–H and O–H groups in total. The molecule has 2 heterocycles. The Labute approximate surface area is 172 Å². The van der Waals surface area contributed by atoms with E-state index in [-0.39, 0.29) is 18.1 Å². The number of nitrogens with zero attached hydrogens (tertiary/aromatic N) is 2. The van der Waals surface area contributed by atoms with Crippen LogP contribution >= 0.6 is 0 Å². The van der Waals surface area contributed by atoms with Crippen LogP contribution in [0.3, 0.4) is 0 Å². The van der Waals surface area contributed by atoms with Gasteiger partial charge >= 0.3 is 0 Å². The van der Waals surface area contributed by atoms with Crippen LogP contribution in [0.5, 0.6) is 0 Å². The van der Waals surface area contributed by atoms with E-state index in [1.165, 1.54) is 5.56 Å². The van der Waals surface area contributed by atoms with Crippen LogP contribution in [-0.4, -0.2) is 45.5 Å². The van der Waals surface area contributed by atoms with E-state index in [0.29, 0.717) is 25.9 Å². The summed E-state index contributed by atoms with van der Waals surface area (Å²) in [6, 6.07) is 10.5. The number of aryl methyl sites for hydroxylation is 1. The summed E-state index contributed by atoms with van der Waals surface area (Å²) in [4.78, 5) is 27.3. The van der Waals surface area contributed by atoms with Crippen molar-refractivity contribution in [2.24, 2.45) is 0 Å². The van der Waals surface area contributed by atoms with Crippen molar-refractivity contribution in [1.29, 1.82) is 0 Å². The Hall–Kier alpha value is -2.40. The highest BCUT2D eigenvalue weighted by atomic mass is 16.3. The van der Waals surface area contributed by atoms with Crippen molar-refractivity contribution < 1.29 is 14.7 Å². The molecule has 2 aromatic rings. The maximum Gasteiger partial charge on any atom is 0.227 e. The number of aromatic nitrogens is 1. The third-order valence-corrected chi connectivity index (χ3v) is 6.39. The fourth-order valence-corrected chi connectivity index (χ4v) is 4.82. The van der Waals surface area contributed by atoms with E-state index in [2.05, 4.69) is 35.8 Å². The molecule has 1 aromatic carbocycles. The van der Waals surface area contributed by atoms with Crippen molar-refractivity contribution in [3.05, 3.63) is 58.4 Å². The molecule has 1 fully saturated rings. The smallest absolute Gasteiger partial charge is 0.227 e. The van der Waals surface area contributed by atoms with Crippen molar-refractivity contribution >= 4 is 11.7 Å². The largest absolute Gasteiger partial charge is 0.391 e. The first kappa shape index (κ1) is 19.9. The van der Waals surface area contributed by atoms with E-state index in [4.69, 9.17) is 0 Å². The highest BCUT2D eigenvalue weighted by Crippen LogP contribution is 2.31. The zero-order valence-electron chi connectivity index (χ0n) is 17.2. The highest BCUT2D eigenvalue weighted by molar-refractivity contribution is 6.01. The summed E-state index contributed by atoms with van der Waals surface area (Å²) >= 11 is 0. The van der Waals surface area contributed by atoms with Crippen LogP contribution < -0.4 is 0 Å². The quantitative estimate of drug-likeness (QED) is 0.819. The molecule has 5 heteroatoms. The van der Waals surface area contributed by atoms with Crippen LogP contribution in [0.2, 0.25) is 0 Å². The summed E-state index contributed by atoms with van der Waals surface area (Å²) < 4.78 is 2.29. The second-order valence-electron chi connectivity index (χ2n) is 8.36. The molecule has 29 heavy (non-hydrogen) atoms. The Morgan fingerprint density at radius 2 is 2.00 bits per heavy atom. The van der Waals surface area contributed by atoms with Gasteiger partial charge in [-0.2, -0.15) is 0 Å². The molecule has 0 spiro atoms. The van der Waals surface area contributed by atoms with E-state index in [9.17, 15) is 14.7 Å². The molecule has 1 unspecified atom stereocenters. The fourth-order valence-electron chi connectivity index (χ4n) is 4.82. The zero-order chi connectivity index (χ0) is 20.4. The van der Waals surface area contributed by atoms with Gasteiger partial charge in [-0.25, -0.2) is 0 Å². The summed E-state index contributed by atoms with van der Waals surface area (Å²) in [6.07, 6.45) is 4.86. The average Bonchev–Trinajstić information content (AvgIpc) is 3.26. The van der Waals surface area contributed by atoms with Crippen molar-refractivity contribution in [3.8, 4) is 0 Å². The summed E-state index contributed by atoms with van der Waals surface area (Å²) in [7, 11) is 0. The molecular weight excluding hydrogens is 364 g/mol. The van der Waals surface area contributed by atoms with Gasteiger partial charge in [-0.05, 0) is 50.2 Å². The third kappa shape index (κ3) is 4.15. The molecule has 1 amide bonds. The predicted molar refractivity (Wildman–Crippen MR) is 112 cm³/mol. The molecule has 2 aliphatic rings. The van der Waals surface area contributed by atoms with Crippen LogP contribution in [0.25, 0.3) is 0 Å². The number of carbonyl (C=O) groups is 2. The molecule has 1 aliphatic heterocycles. The lowest BCUT2D eigenvalue weighted by molar-refractivity contribution is -0.129. The second-order valence-corrected chi connectivity index (χ2v) is 8.36. The van der Waals surface area contributed by atoms with E-state index in [1.54, 1.807) is 4.90 Å². The van der Waals surface area contributed by atoms with Crippen molar-refractivity contribution in [3.63, 3.8) is 0 Å². The molecule has 1 saturated heterocycles. The van der Waals surface area contributed by atoms with Gasteiger partial charge in [-0.1, -0.05) is 30.3 Å². The molecule has 5 nitrogen and oxygen atoms in total. The zero-order valence-corrected chi connectivity index (χ0v) is 17.2. The van der Waals surface area contributed by atoms with Crippen LogP contribution in [0.4, 0.5) is 0 Å². The molecule has 1 atom stereocenters. The predicted octanol–water partition coefficient (Wildman–Crippen LogP) is 3.08. The number of likely N-dealkylation sites (tertiary alicyclic amines) is 1. The minimum Gasteiger partial charge on any atom is -0.391 e. The second kappa shape index (κ2) is 8.54. The number of β-amino-alcohol motifs (C(OH)–C–C–N with tert-alkyl or cyclic N) is 1. The van der Waals surface area contributed by atoms with Crippen LogP contribution in [-0.2, 0) is 30.6 Å². The van der Waals surface area contributed by atoms with Crippen molar-refractivity contribution in [2.45, 2.75) is 64.5 Å². The summed E-state index contributed by atoms with van der Waals surface area (Å²) in [5.74, 6) is 0.202. The van der Waals surface area contributed by atoms with Crippen molar-refractivity contribution in [2.75, 3.05) is 13.1 Å². The summed E-state index contributed by atoms with van der Waals surface area (Å²) in [6.45, 7) is 3.93. The topological polar surface area (TPSA) is 62.5 Å². The van der Waals surface area contributed by atoms with Gasteiger partial charge in [0.2, 0.25) is 5.91 Å². The minimum absolute atomic E-state index is 0.0206. The standard InChI is InChI=1S/C24H30N2O3/c1-17-20(15-23(29)25-14-12-19(27)16-25)24-21(10-5-11-22(24)28)26(17)13-6-9-18-7-3-2-4-8-18/h2-4,7-8,19,27H,5-6,9-16H2,1H3. The highest BCUT2D eigenvalue weighted by Gasteiger charge is 2.31. The average molecular weight is 395 g/mol. The van der Waals surface area contributed by atoms with Crippen LogP contribution in [0, 0.1) is 6.92 Å². The maximum atomic E-state index is 12.8. The first-order valence-electron chi connectivity index (χ1n) is 10.8. The van der Waals surface area contributed by atoms with Gasteiger partial charge in [0.1, 0.15) is 0 Å². The number of benzene rings is 1. The van der Waals surface area contributed by atoms with Crippen LogP contribution in [0.15, 0.2) is 30.3 Å². The number of carbonyl (C=O) groups excluding carboxylic acids is 2. The number of hydrogen-bond acceptors (Lipinski definition) is 3. The van der Waals surface area contributed by atoms with E-state index in [0.717, 1.165) is 54.7 Å². The Kier molecular flexibility index (Phi) is 5.86. The molecule has 1 aliphatic carbocycles. The van der Waals surface area contributed by atoms with E-state index in [1.807, 2.05) is 6.07 Å². The fraction of sp³-hybridized carbons (Fsp3) is 0.500. The van der Waals surface area contributed by atoms with Gasteiger partial charge in [0.05, 0.1) is 12.5 Å². The SMILES string of the molecule is Cc1c(CC(=O)N2CCC(O)C2)c2c(n1CCCc1ccccc1)CCCC2=O. The molecular formula is C24H30N2O3. The molecule has 1 aromatic heterocycles. The number of rotatable bonds is 6. The van der Waals surface area contributed by atoms with E-state index < -0.39 is 6.10 Å².